The highest BCUT2D eigenvalue weighted by molar-refractivity contribution is 6.31. The van der Waals surface area contributed by atoms with Gasteiger partial charge in [-0.05, 0) is 60.7 Å². The summed E-state index contributed by atoms with van der Waals surface area (Å²) in [5.74, 6) is 1.28. The Bertz CT molecular complexity index is 1270. The molecule has 0 aliphatic heterocycles. The molecule has 4 aromatic rings. The van der Waals surface area contributed by atoms with Crippen molar-refractivity contribution in [3.8, 4) is 17.2 Å². The van der Waals surface area contributed by atoms with Crippen molar-refractivity contribution < 1.29 is 18.7 Å². The minimum Gasteiger partial charge on any atom is -0.489 e. The van der Waals surface area contributed by atoms with Crippen molar-refractivity contribution in [3.63, 3.8) is 0 Å². The highest BCUT2D eigenvalue weighted by atomic mass is 35.5. The second-order valence-electron chi connectivity index (χ2n) is 7.30. The van der Waals surface area contributed by atoms with Crippen molar-refractivity contribution in [2.24, 2.45) is 0 Å². The summed E-state index contributed by atoms with van der Waals surface area (Å²) < 4.78 is 25.3. The summed E-state index contributed by atoms with van der Waals surface area (Å²) in [4.78, 5) is 12.5. The fourth-order valence-electron chi connectivity index (χ4n) is 3.12. The minimum atomic E-state index is -0.437. The van der Waals surface area contributed by atoms with Gasteiger partial charge < -0.3 is 14.8 Å². The molecule has 4 nitrogen and oxygen atoms in total. The van der Waals surface area contributed by atoms with Crippen LogP contribution in [-0.2, 0) is 6.61 Å². The Balaban J connectivity index is 1.32. The van der Waals surface area contributed by atoms with Crippen molar-refractivity contribution in [1.29, 1.82) is 0 Å². The number of allylic oxidation sites excluding steroid dienone is 1. The minimum absolute atomic E-state index is 0.0372. The van der Waals surface area contributed by atoms with E-state index in [-0.39, 0.29) is 18.0 Å². The molecule has 0 heterocycles. The first-order valence-electron chi connectivity index (χ1n) is 10.5. The van der Waals surface area contributed by atoms with E-state index >= 15 is 0 Å². The Morgan fingerprint density at radius 1 is 0.853 bits per heavy atom. The van der Waals surface area contributed by atoms with Crippen molar-refractivity contribution in [2.75, 3.05) is 5.32 Å². The molecule has 4 aromatic carbocycles. The molecule has 0 aliphatic rings. The molecule has 4 rings (SSSR count). The Kier molecular flexibility index (Phi) is 7.58. The van der Waals surface area contributed by atoms with Crippen LogP contribution in [0.2, 0.25) is 5.02 Å². The molecule has 0 fully saturated rings. The molecule has 0 atom stereocenters. The van der Waals surface area contributed by atoms with E-state index in [0.29, 0.717) is 22.1 Å². The summed E-state index contributed by atoms with van der Waals surface area (Å²) in [6.07, 6.45) is 3.00. The third-order valence-electron chi connectivity index (χ3n) is 4.88. The molecule has 0 aromatic heterocycles. The number of halogens is 2. The van der Waals surface area contributed by atoms with Crippen molar-refractivity contribution >= 4 is 23.1 Å². The fraction of sp³-hybridized carbons (Fsp3) is 0.0357. The summed E-state index contributed by atoms with van der Waals surface area (Å²) in [5, 5.41) is 3.36. The Morgan fingerprint density at radius 2 is 1.56 bits per heavy atom. The van der Waals surface area contributed by atoms with Gasteiger partial charge in [0.05, 0.1) is 5.02 Å². The van der Waals surface area contributed by atoms with Crippen LogP contribution < -0.4 is 14.8 Å². The van der Waals surface area contributed by atoms with Crippen molar-refractivity contribution in [2.45, 2.75) is 6.61 Å². The molecule has 0 saturated carbocycles. The lowest BCUT2D eigenvalue weighted by atomic mass is 10.1. The highest BCUT2D eigenvalue weighted by Crippen LogP contribution is 2.24. The van der Waals surface area contributed by atoms with E-state index in [2.05, 4.69) is 5.32 Å². The largest absolute Gasteiger partial charge is 0.489 e. The normalized spacial score (nSPS) is 10.8. The van der Waals surface area contributed by atoms with Crippen LogP contribution in [0.3, 0.4) is 0 Å². The smallest absolute Gasteiger partial charge is 0.187 e. The van der Waals surface area contributed by atoms with Crippen molar-refractivity contribution in [3.05, 3.63) is 131 Å². The van der Waals surface area contributed by atoms with E-state index in [1.165, 1.54) is 18.2 Å². The lowest BCUT2D eigenvalue weighted by Crippen LogP contribution is -2.01. The lowest BCUT2D eigenvalue weighted by Gasteiger charge is -2.09. The first-order valence-corrected chi connectivity index (χ1v) is 10.9. The van der Waals surface area contributed by atoms with Crippen LogP contribution >= 0.6 is 11.6 Å². The predicted octanol–water partition coefficient (Wildman–Crippen LogP) is 7.66. The van der Waals surface area contributed by atoms with Gasteiger partial charge in [0.15, 0.2) is 5.78 Å². The molecule has 0 amide bonds. The zero-order valence-corrected chi connectivity index (χ0v) is 18.8. The Hall–Kier alpha value is -4.09. The summed E-state index contributed by atoms with van der Waals surface area (Å²) in [7, 11) is 0. The number of hydrogen-bond donors (Lipinski definition) is 1. The van der Waals surface area contributed by atoms with Crippen LogP contribution in [0.25, 0.3) is 0 Å². The molecular formula is C28H21ClFNO3. The molecule has 0 aliphatic carbocycles. The SMILES string of the molecule is O=C(/C=C/Nc1ccc(Oc2ccccc2)cc1)c1cccc(OCc2c(F)cccc2Cl)c1. The molecular weight excluding hydrogens is 453 g/mol. The highest BCUT2D eigenvalue weighted by Gasteiger charge is 2.09. The zero-order valence-electron chi connectivity index (χ0n) is 18.1. The molecule has 6 heteroatoms. The molecule has 0 spiro atoms. The van der Waals surface area contributed by atoms with Gasteiger partial charge in [0.1, 0.15) is 29.7 Å². The molecule has 1 N–H and O–H groups in total. The first kappa shape index (κ1) is 23.1. The number of carbonyl (C=O) groups excluding carboxylic acids is 1. The van der Waals surface area contributed by atoms with Gasteiger partial charge in [-0.2, -0.15) is 0 Å². The monoisotopic (exact) mass is 473 g/mol. The number of ether oxygens (including phenoxy) is 2. The van der Waals surface area contributed by atoms with Crippen LogP contribution in [0, 0.1) is 5.82 Å². The third-order valence-corrected chi connectivity index (χ3v) is 5.24. The molecule has 0 bridgehead atoms. The first-order chi connectivity index (χ1) is 16.6. The number of nitrogens with one attached hydrogen (secondary N) is 1. The van der Waals surface area contributed by atoms with Crippen LogP contribution in [0.4, 0.5) is 10.1 Å². The fourth-order valence-corrected chi connectivity index (χ4v) is 3.34. The predicted molar refractivity (Wildman–Crippen MR) is 132 cm³/mol. The average Bonchev–Trinajstić information content (AvgIpc) is 2.85. The van der Waals surface area contributed by atoms with Gasteiger partial charge in [-0.1, -0.05) is 48.0 Å². The lowest BCUT2D eigenvalue weighted by molar-refractivity contribution is 0.104. The summed E-state index contributed by atoms with van der Waals surface area (Å²) >= 11 is 6.03. The molecule has 0 saturated heterocycles. The zero-order chi connectivity index (χ0) is 23.8. The van der Waals surface area contributed by atoms with Gasteiger partial charge >= 0.3 is 0 Å². The topological polar surface area (TPSA) is 47.6 Å². The van der Waals surface area contributed by atoms with Crippen LogP contribution in [0.5, 0.6) is 17.2 Å². The second kappa shape index (κ2) is 11.2. The van der Waals surface area contributed by atoms with Crippen LogP contribution in [-0.4, -0.2) is 5.78 Å². The van der Waals surface area contributed by atoms with Gasteiger partial charge in [0.2, 0.25) is 0 Å². The maximum absolute atomic E-state index is 13.9. The number of rotatable bonds is 9. The quantitative estimate of drug-likeness (QED) is 0.200. The number of carbonyl (C=O) groups is 1. The van der Waals surface area contributed by atoms with E-state index in [1.54, 1.807) is 36.5 Å². The maximum Gasteiger partial charge on any atom is 0.187 e. The number of ketones is 1. The molecule has 170 valence electrons. The van der Waals surface area contributed by atoms with E-state index in [4.69, 9.17) is 21.1 Å². The van der Waals surface area contributed by atoms with E-state index in [1.807, 2.05) is 54.6 Å². The van der Waals surface area contributed by atoms with E-state index in [0.717, 1.165) is 11.4 Å². The molecule has 0 radical (unpaired) electrons. The van der Waals surface area contributed by atoms with Crippen LogP contribution in [0.15, 0.2) is 109 Å². The van der Waals surface area contributed by atoms with Gasteiger partial charge in [-0.15, -0.1) is 0 Å². The maximum atomic E-state index is 13.9. The number of anilines is 1. The van der Waals surface area contributed by atoms with Gasteiger partial charge in [-0.3, -0.25) is 4.79 Å². The Labute approximate surface area is 202 Å². The average molecular weight is 474 g/mol. The second-order valence-corrected chi connectivity index (χ2v) is 7.71. The number of benzene rings is 4. The standard InChI is InChI=1S/C28H21ClFNO3/c29-26-10-5-11-27(30)25(26)19-33-24-9-4-6-20(18-24)28(32)16-17-31-21-12-14-23(15-13-21)34-22-7-2-1-3-8-22/h1-18,31H,19H2/b17-16+. The van der Waals surface area contributed by atoms with Gasteiger partial charge in [0.25, 0.3) is 0 Å². The van der Waals surface area contributed by atoms with Crippen molar-refractivity contribution in [1.82, 2.24) is 0 Å². The van der Waals surface area contributed by atoms with Gasteiger partial charge in [0, 0.05) is 29.1 Å². The summed E-state index contributed by atoms with van der Waals surface area (Å²) in [6, 6.07) is 28.1. The Morgan fingerprint density at radius 3 is 2.32 bits per heavy atom. The summed E-state index contributed by atoms with van der Waals surface area (Å²) in [5.41, 5.74) is 1.52. The van der Waals surface area contributed by atoms with Crippen LogP contribution in [0.1, 0.15) is 15.9 Å². The summed E-state index contributed by atoms with van der Waals surface area (Å²) in [6.45, 7) is -0.0372. The van der Waals surface area contributed by atoms with E-state index in [9.17, 15) is 9.18 Å². The third kappa shape index (κ3) is 6.24. The molecule has 34 heavy (non-hydrogen) atoms. The molecule has 0 unspecified atom stereocenters. The van der Waals surface area contributed by atoms with Gasteiger partial charge in [-0.25, -0.2) is 4.39 Å². The number of para-hydroxylation sites is 1. The van der Waals surface area contributed by atoms with E-state index < -0.39 is 5.82 Å². The number of hydrogen-bond acceptors (Lipinski definition) is 4.